The highest BCUT2D eigenvalue weighted by Gasteiger charge is 1.95. The molecular weight excluding hydrogens is 152 g/mol. The average Bonchev–Trinajstić information content (AvgIpc) is 2.09. The Kier molecular flexibility index (Phi) is 2.88. The van der Waals surface area contributed by atoms with E-state index in [1.807, 2.05) is 13.0 Å². The fourth-order valence-electron chi connectivity index (χ4n) is 0.921. The minimum atomic E-state index is 0.0222. The van der Waals surface area contributed by atoms with Crippen LogP contribution in [0.2, 0.25) is 0 Å². The molecular formula is C10H12O2. The first-order valence-electron chi connectivity index (χ1n) is 3.80. The minimum Gasteiger partial charge on any atom is -0.507 e. The summed E-state index contributed by atoms with van der Waals surface area (Å²) < 4.78 is 0. The molecule has 0 aliphatic heterocycles. The third-order valence-electron chi connectivity index (χ3n) is 1.59. The quantitative estimate of drug-likeness (QED) is 0.699. The Morgan fingerprint density at radius 3 is 2.67 bits per heavy atom. The van der Waals surface area contributed by atoms with Crippen LogP contribution in [0.4, 0.5) is 0 Å². The van der Waals surface area contributed by atoms with Crippen molar-refractivity contribution < 1.29 is 10.2 Å². The van der Waals surface area contributed by atoms with Crippen LogP contribution in [0.5, 0.6) is 5.75 Å². The van der Waals surface area contributed by atoms with Crippen molar-refractivity contribution in [3.05, 3.63) is 35.4 Å². The van der Waals surface area contributed by atoms with Gasteiger partial charge in [-0.05, 0) is 18.6 Å². The SMILES string of the molecule is C/C(=C/c1ccccc1O)CO. The van der Waals surface area contributed by atoms with E-state index in [1.54, 1.807) is 24.3 Å². The van der Waals surface area contributed by atoms with Gasteiger partial charge < -0.3 is 10.2 Å². The lowest BCUT2D eigenvalue weighted by Crippen LogP contribution is -1.83. The Balaban J connectivity index is 2.96. The molecule has 0 atom stereocenters. The Hall–Kier alpha value is -1.28. The first kappa shape index (κ1) is 8.81. The highest BCUT2D eigenvalue weighted by molar-refractivity contribution is 5.58. The lowest BCUT2D eigenvalue weighted by Gasteiger charge is -1.99. The topological polar surface area (TPSA) is 40.5 Å². The van der Waals surface area contributed by atoms with Crippen LogP contribution >= 0.6 is 0 Å². The molecule has 0 aliphatic rings. The minimum absolute atomic E-state index is 0.0222. The lowest BCUT2D eigenvalue weighted by atomic mass is 10.1. The maximum Gasteiger partial charge on any atom is 0.122 e. The summed E-state index contributed by atoms with van der Waals surface area (Å²) in [5, 5.41) is 18.1. The highest BCUT2D eigenvalue weighted by atomic mass is 16.3. The van der Waals surface area contributed by atoms with E-state index >= 15 is 0 Å². The van der Waals surface area contributed by atoms with Gasteiger partial charge in [-0.3, -0.25) is 0 Å². The second-order valence-corrected chi connectivity index (χ2v) is 2.71. The molecule has 0 aromatic heterocycles. The molecule has 0 radical (unpaired) electrons. The Morgan fingerprint density at radius 2 is 2.08 bits per heavy atom. The summed E-state index contributed by atoms with van der Waals surface area (Å²) in [6.45, 7) is 1.83. The van der Waals surface area contributed by atoms with Crippen LogP contribution in [0.3, 0.4) is 0 Å². The van der Waals surface area contributed by atoms with Gasteiger partial charge in [0.15, 0.2) is 0 Å². The number of rotatable bonds is 2. The van der Waals surface area contributed by atoms with Crippen LogP contribution in [0.15, 0.2) is 29.8 Å². The first-order valence-corrected chi connectivity index (χ1v) is 3.80. The summed E-state index contributed by atoms with van der Waals surface area (Å²) in [5.41, 5.74) is 1.57. The maximum absolute atomic E-state index is 9.33. The molecule has 12 heavy (non-hydrogen) atoms. The van der Waals surface area contributed by atoms with E-state index in [4.69, 9.17) is 5.11 Å². The predicted molar refractivity (Wildman–Crippen MR) is 48.8 cm³/mol. The fourth-order valence-corrected chi connectivity index (χ4v) is 0.921. The van der Waals surface area contributed by atoms with Gasteiger partial charge in [0, 0.05) is 5.56 Å². The Morgan fingerprint density at radius 1 is 1.42 bits per heavy atom. The molecule has 2 nitrogen and oxygen atoms in total. The number of phenolic OH excluding ortho intramolecular Hbond substituents is 1. The molecule has 1 aromatic rings. The molecule has 0 bridgehead atoms. The zero-order valence-corrected chi connectivity index (χ0v) is 6.99. The summed E-state index contributed by atoms with van der Waals surface area (Å²) in [6.07, 6.45) is 1.76. The van der Waals surface area contributed by atoms with Gasteiger partial charge in [-0.25, -0.2) is 0 Å². The first-order chi connectivity index (χ1) is 5.74. The van der Waals surface area contributed by atoms with Crippen LogP contribution in [0.1, 0.15) is 12.5 Å². The number of benzene rings is 1. The molecule has 2 N–H and O–H groups in total. The van der Waals surface area contributed by atoms with Gasteiger partial charge in [-0.15, -0.1) is 0 Å². The molecule has 0 amide bonds. The van der Waals surface area contributed by atoms with Gasteiger partial charge in [0.1, 0.15) is 5.75 Å². The van der Waals surface area contributed by atoms with Crippen molar-refractivity contribution in [3.63, 3.8) is 0 Å². The maximum atomic E-state index is 9.33. The van der Waals surface area contributed by atoms with E-state index in [-0.39, 0.29) is 12.4 Å². The molecule has 1 aromatic carbocycles. The van der Waals surface area contributed by atoms with E-state index < -0.39 is 0 Å². The normalized spacial score (nSPS) is 11.7. The molecule has 0 fully saturated rings. The van der Waals surface area contributed by atoms with Crippen molar-refractivity contribution in [2.24, 2.45) is 0 Å². The summed E-state index contributed by atoms with van der Waals surface area (Å²) in [6, 6.07) is 7.03. The van der Waals surface area contributed by atoms with Gasteiger partial charge in [0.2, 0.25) is 0 Å². The zero-order chi connectivity index (χ0) is 8.97. The molecule has 0 aliphatic carbocycles. The molecule has 0 saturated heterocycles. The Bertz CT molecular complexity index is 290. The van der Waals surface area contributed by atoms with E-state index in [9.17, 15) is 5.11 Å². The van der Waals surface area contributed by atoms with Crippen LogP contribution in [-0.2, 0) is 0 Å². The van der Waals surface area contributed by atoms with Crippen LogP contribution < -0.4 is 0 Å². The smallest absolute Gasteiger partial charge is 0.122 e. The molecule has 0 unspecified atom stereocenters. The number of phenols is 1. The number of aliphatic hydroxyl groups excluding tert-OH is 1. The van der Waals surface area contributed by atoms with Gasteiger partial charge in [-0.2, -0.15) is 0 Å². The van der Waals surface area contributed by atoms with E-state index in [0.29, 0.717) is 0 Å². The van der Waals surface area contributed by atoms with Crippen molar-refractivity contribution in [1.82, 2.24) is 0 Å². The second kappa shape index (κ2) is 3.93. The fraction of sp³-hybridized carbons (Fsp3) is 0.200. The summed E-state index contributed by atoms with van der Waals surface area (Å²) in [4.78, 5) is 0. The van der Waals surface area contributed by atoms with Crippen LogP contribution in [-0.4, -0.2) is 16.8 Å². The summed E-state index contributed by atoms with van der Waals surface area (Å²) >= 11 is 0. The highest BCUT2D eigenvalue weighted by Crippen LogP contribution is 2.18. The summed E-state index contributed by atoms with van der Waals surface area (Å²) in [5.74, 6) is 0.241. The second-order valence-electron chi connectivity index (χ2n) is 2.71. The number of aliphatic hydroxyl groups is 1. The van der Waals surface area contributed by atoms with Crippen molar-refractivity contribution in [2.45, 2.75) is 6.92 Å². The lowest BCUT2D eigenvalue weighted by molar-refractivity contribution is 0.332. The number of aromatic hydroxyl groups is 1. The van der Waals surface area contributed by atoms with Crippen molar-refractivity contribution in [3.8, 4) is 5.75 Å². The van der Waals surface area contributed by atoms with Gasteiger partial charge in [0.05, 0.1) is 6.61 Å². The molecule has 64 valence electrons. The zero-order valence-electron chi connectivity index (χ0n) is 6.99. The van der Waals surface area contributed by atoms with Crippen LogP contribution in [0.25, 0.3) is 6.08 Å². The van der Waals surface area contributed by atoms with Crippen molar-refractivity contribution >= 4 is 6.08 Å². The molecule has 0 saturated carbocycles. The average molecular weight is 164 g/mol. The number of hydrogen-bond donors (Lipinski definition) is 2. The van der Waals surface area contributed by atoms with E-state index in [2.05, 4.69) is 0 Å². The van der Waals surface area contributed by atoms with E-state index in [1.165, 1.54) is 0 Å². The molecule has 2 heteroatoms. The molecule has 1 rings (SSSR count). The Labute approximate surface area is 71.8 Å². The van der Waals surface area contributed by atoms with Gasteiger partial charge >= 0.3 is 0 Å². The monoisotopic (exact) mass is 164 g/mol. The third-order valence-corrected chi connectivity index (χ3v) is 1.59. The third kappa shape index (κ3) is 2.10. The summed E-state index contributed by atoms with van der Waals surface area (Å²) in [7, 11) is 0. The number of hydrogen-bond acceptors (Lipinski definition) is 2. The molecule has 0 heterocycles. The van der Waals surface area contributed by atoms with E-state index in [0.717, 1.165) is 11.1 Å². The van der Waals surface area contributed by atoms with Gasteiger partial charge in [0.25, 0.3) is 0 Å². The largest absolute Gasteiger partial charge is 0.507 e. The van der Waals surface area contributed by atoms with Crippen molar-refractivity contribution in [2.75, 3.05) is 6.61 Å². The van der Waals surface area contributed by atoms with Gasteiger partial charge in [-0.1, -0.05) is 24.3 Å². The number of para-hydroxylation sites is 1. The molecule has 0 spiro atoms. The standard InChI is InChI=1S/C10H12O2/c1-8(7-11)6-9-4-2-3-5-10(9)12/h2-6,11-12H,7H2,1H3/b8-6-. The predicted octanol–water partition coefficient (Wildman–Crippen LogP) is 1.79. The van der Waals surface area contributed by atoms with Crippen molar-refractivity contribution in [1.29, 1.82) is 0 Å². The van der Waals surface area contributed by atoms with Crippen LogP contribution in [0, 0.1) is 0 Å².